The fraction of sp³-hybridized carbons (Fsp3) is 0.333. The molecule has 0 heterocycles. The maximum atomic E-state index is 11.9. The maximum absolute atomic E-state index is 11.9. The summed E-state index contributed by atoms with van der Waals surface area (Å²) in [6.45, 7) is 4.92. The predicted octanol–water partition coefficient (Wildman–Crippen LogP) is 3.64. The number of unbranched alkanes of at least 4 members (excludes halogenated alkanes) is 1. The molecule has 0 saturated carbocycles. The van der Waals surface area contributed by atoms with Crippen LogP contribution in [0.1, 0.15) is 50.7 Å². The molecule has 0 aliphatic rings. The Hall–Kier alpha value is -3.68. The highest BCUT2D eigenvalue weighted by molar-refractivity contribution is 5.86. The van der Waals surface area contributed by atoms with Gasteiger partial charge in [-0.3, -0.25) is 9.59 Å². The molecule has 170 valence electrons. The Morgan fingerprint density at radius 3 is 1.56 bits per heavy atom. The second-order valence-corrected chi connectivity index (χ2v) is 6.74. The van der Waals surface area contributed by atoms with Crippen molar-refractivity contribution in [3.8, 4) is 11.5 Å². The van der Waals surface area contributed by atoms with Gasteiger partial charge < -0.3 is 9.47 Å². The zero-order valence-corrected chi connectivity index (χ0v) is 18.5. The SMILES string of the molecule is CCOc1ccccc1C=NNC(=O)CCCCC(=O)N/N=C\c1ccccc1OCC. The predicted molar refractivity (Wildman–Crippen MR) is 125 cm³/mol. The van der Waals surface area contributed by atoms with E-state index in [-0.39, 0.29) is 24.7 Å². The van der Waals surface area contributed by atoms with Gasteiger partial charge in [0.1, 0.15) is 11.5 Å². The normalized spacial score (nSPS) is 10.9. The van der Waals surface area contributed by atoms with Gasteiger partial charge in [0.25, 0.3) is 0 Å². The van der Waals surface area contributed by atoms with Crippen molar-refractivity contribution in [2.75, 3.05) is 13.2 Å². The van der Waals surface area contributed by atoms with Crippen molar-refractivity contribution in [1.82, 2.24) is 10.9 Å². The van der Waals surface area contributed by atoms with Gasteiger partial charge in [0, 0.05) is 24.0 Å². The fourth-order valence-corrected chi connectivity index (χ4v) is 2.78. The highest BCUT2D eigenvalue weighted by atomic mass is 16.5. The number of amides is 2. The molecule has 0 bridgehead atoms. The summed E-state index contributed by atoms with van der Waals surface area (Å²) in [5.41, 5.74) is 6.57. The highest BCUT2D eigenvalue weighted by Gasteiger charge is 2.04. The van der Waals surface area contributed by atoms with E-state index in [0.717, 1.165) is 11.1 Å². The van der Waals surface area contributed by atoms with E-state index in [2.05, 4.69) is 21.1 Å². The van der Waals surface area contributed by atoms with E-state index < -0.39 is 0 Å². The monoisotopic (exact) mass is 438 g/mol. The molecule has 8 nitrogen and oxygen atoms in total. The molecule has 2 N–H and O–H groups in total. The topological polar surface area (TPSA) is 101 Å². The van der Waals surface area contributed by atoms with Gasteiger partial charge in [0.15, 0.2) is 0 Å². The Kier molecular flexibility index (Phi) is 11.0. The van der Waals surface area contributed by atoms with E-state index in [1.54, 1.807) is 12.4 Å². The van der Waals surface area contributed by atoms with Crippen LogP contribution < -0.4 is 20.3 Å². The Morgan fingerprint density at radius 2 is 1.16 bits per heavy atom. The third-order valence-corrected chi connectivity index (χ3v) is 4.28. The van der Waals surface area contributed by atoms with Crippen molar-refractivity contribution in [2.24, 2.45) is 10.2 Å². The molecule has 0 aliphatic heterocycles. The van der Waals surface area contributed by atoms with Gasteiger partial charge in [-0.05, 0) is 51.0 Å². The first-order chi connectivity index (χ1) is 15.6. The number of para-hydroxylation sites is 2. The van der Waals surface area contributed by atoms with Crippen LogP contribution >= 0.6 is 0 Å². The third kappa shape index (κ3) is 8.99. The minimum Gasteiger partial charge on any atom is -0.493 e. The molecule has 0 spiro atoms. The molecule has 0 aliphatic carbocycles. The molecule has 2 aromatic carbocycles. The van der Waals surface area contributed by atoms with E-state index in [1.165, 1.54) is 0 Å². The number of rotatable bonds is 13. The molecule has 0 aromatic heterocycles. The Labute approximate surface area is 188 Å². The first-order valence-corrected chi connectivity index (χ1v) is 10.7. The van der Waals surface area contributed by atoms with Crippen molar-refractivity contribution < 1.29 is 19.1 Å². The van der Waals surface area contributed by atoms with Crippen molar-refractivity contribution in [2.45, 2.75) is 39.5 Å². The molecule has 0 unspecified atom stereocenters. The van der Waals surface area contributed by atoms with Crippen molar-refractivity contribution >= 4 is 24.2 Å². The molecule has 0 radical (unpaired) electrons. The van der Waals surface area contributed by atoms with Gasteiger partial charge in [0.2, 0.25) is 11.8 Å². The standard InChI is InChI=1S/C24H30N4O4/c1-3-31-21-13-7-5-11-19(21)17-25-27-23(29)15-9-10-16-24(30)28-26-18-20-12-6-8-14-22(20)32-4-2/h5-8,11-14,17-18H,3-4,9-10,15-16H2,1-2H3,(H,27,29)(H,28,30)/b25-17-,26-18?. The number of benzene rings is 2. The second-order valence-electron chi connectivity index (χ2n) is 6.74. The van der Waals surface area contributed by atoms with Gasteiger partial charge in [-0.2, -0.15) is 10.2 Å². The molecule has 32 heavy (non-hydrogen) atoms. The number of nitrogens with one attached hydrogen (secondary N) is 2. The number of ether oxygens (including phenoxy) is 2. The molecule has 0 fully saturated rings. The summed E-state index contributed by atoms with van der Waals surface area (Å²) in [5, 5.41) is 7.95. The zero-order chi connectivity index (χ0) is 23.0. The minimum absolute atomic E-state index is 0.207. The lowest BCUT2D eigenvalue weighted by molar-refractivity contribution is -0.123. The lowest BCUT2D eigenvalue weighted by Crippen LogP contribution is -2.19. The Bertz CT molecular complexity index is 852. The number of hydrazone groups is 2. The summed E-state index contributed by atoms with van der Waals surface area (Å²) in [7, 11) is 0. The zero-order valence-electron chi connectivity index (χ0n) is 18.5. The first kappa shape index (κ1) is 24.6. The van der Waals surface area contributed by atoms with Gasteiger partial charge in [-0.15, -0.1) is 0 Å². The van der Waals surface area contributed by atoms with E-state index in [4.69, 9.17) is 9.47 Å². The summed E-state index contributed by atoms with van der Waals surface area (Å²) >= 11 is 0. The van der Waals surface area contributed by atoms with Crippen LogP contribution in [0.4, 0.5) is 0 Å². The molecule has 2 rings (SSSR count). The quantitative estimate of drug-likeness (QED) is 0.283. The molecule has 8 heteroatoms. The lowest BCUT2D eigenvalue weighted by Gasteiger charge is -2.06. The molecular weight excluding hydrogens is 408 g/mol. The van der Waals surface area contributed by atoms with Gasteiger partial charge in [0.05, 0.1) is 25.6 Å². The molecule has 2 aromatic rings. The smallest absolute Gasteiger partial charge is 0.240 e. The minimum atomic E-state index is -0.207. The van der Waals surface area contributed by atoms with E-state index in [9.17, 15) is 9.59 Å². The van der Waals surface area contributed by atoms with Crippen LogP contribution in [0.25, 0.3) is 0 Å². The highest BCUT2D eigenvalue weighted by Crippen LogP contribution is 2.16. The van der Waals surface area contributed by atoms with E-state index in [0.29, 0.717) is 37.6 Å². The summed E-state index contributed by atoms with van der Waals surface area (Å²) in [5.74, 6) is 1.01. The number of hydrogen-bond donors (Lipinski definition) is 2. The number of carbonyl (C=O) groups is 2. The average Bonchev–Trinajstić information content (AvgIpc) is 2.79. The average molecular weight is 439 g/mol. The van der Waals surface area contributed by atoms with Crippen molar-refractivity contribution in [3.05, 3.63) is 59.7 Å². The van der Waals surface area contributed by atoms with Gasteiger partial charge in [-0.25, -0.2) is 10.9 Å². The summed E-state index contributed by atoms with van der Waals surface area (Å²) in [4.78, 5) is 23.8. The first-order valence-electron chi connectivity index (χ1n) is 10.7. The Morgan fingerprint density at radius 1 is 0.750 bits per heavy atom. The van der Waals surface area contributed by atoms with Crippen LogP contribution in [0.5, 0.6) is 11.5 Å². The number of hydrogen-bond acceptors (Lipinski definition) is 6. The molecule has 0 saturated heterocycles. The molecule has 0 atom stereocenters. The number of carbonyl (C=O) groups excluding carboxylic acids is 2. The van der Waals surface area contributed by atoms with E-state index >= 15 is 0 Å². The van der Waals surface area contributed by atoms with Gasteiger partial charge in [-0.1, -0.05) is 24.3 Å². The van der Waals surface area contributed by atoms with Crippen LogP contribution in [-0.4, -0.2) is 37.5 Å². The van der Waals surface area contributed by atoms with Crippen LogP contribution in [-0.2, 0) is 9.59 Å². The molecule has 2 amide bonds. The van der Waals surface area contributed by atoms with Crippen LogP contribution in [0, 0.1) is 0 Å². The summed E-state index contributed by atoms with van der Waals surface area (Å²) in [6.07, 6.45) is 4.81. The second kappa shape index (κ2) is 14.3. The van der Waals surface area contributed by atoms with Crippen molar-refractivity contribution in [3.63, 3.8) is 0 Å². The number of nitrogens with zero attached hydrogens (tertiary/aromatic N) is 2. The lowest BCUT2D eigenvalue weighted by atomic mass is 10.2. The maximum Gasteiger partial charge on any atom is 0.240 e. The van der Waals surface area contributed by atoms with Crippen LogP contribution in [0.3, 0.4) is 0 Å². The fourth-order valence-electron chi connectivity index (χ4n) is 2.78. The Balaban J connectivity index is 1.65. The van der Waals surface area contributed by atoms with Crippen LogP contribution in [0.2, 0.25) is 0 Å². The third-order valence-electron chi connectivity index (χ3n) is 4.28. The largest absolute Gasteiger partial charge is 0.493 e. The van der Waals surface area contributed by atoms with Gasteiger partial charge >= 0.3 is 0 Å². The molecular formula is C24H30N4O4. The summed E-state index contributed by atoms with van der Waals surface area (Å²) < 4.78 is 11.0. The van der Waals surface area contributed by atoms with Crippen LogP contribution in [0.15, 0.2) is 58.7 Å². The van der Waals surface area contributed by atoms with E-state index in [1.807, 2.05) is 62.4 Å². The van der Waals surface area contributed by atoms with Crippen molar-refractivity contribution in [1.29, 1.82) is 0 Å². The summed E-state index contributed by atoms with van der Waals surface area (Å²) in [6, 6.07) is 14.9.